The van der Waals surface area contributed by atoms with E-state index in [1.165, 1.54) is 10.3 Å². The van der Waals surface area contributed by atoms with Crippen molar-refractivity contribution in [2.24, 2.45) is 0 Å². The van der Waals surface area contributed by atoms with Crippen LogP contribution in [0.4, 0.5) is 10.8 Å². The molecule has 2 aromatic heterocycles. The Morgan fingerprint density at radius 1 is 0.862 bits per heavy atom. The molecule has 3 nitrogen and oxygen atoms in total. The molecule has 0 fully saturated rings. The van der Waals surface area contributed by atoms with Gasteiger partial charge in [-0.3, -0.25) is 0 Å². The first-order valence-electron chi connectivity index (χ1n) is 9.56. The second kappa shape index (κ2) is 7.78. The van der Waals surface area contributed by atoms with Crippen LogP contribution >= 0.6 is 22.7 Å². The standard InChI is InChI=1S/C24H19N3S2/c1-2-16-8-13-20-22(14-16)29-24(27-20)25-19-11-9-17(10-12-19)21-15-28-23(26-21)18-6-4-3-5-7-18/h3-15H,2H2,1H3,(H,25,27). The summed E-state index contributed by atoms with van der Waals surface area (Å²) in [7, 11) is 0. The van der Waals surface area contributed by atoms with Gasteiger partial charge >= 0.3 is 0 Å². The molecule has 0 saturated heterocycles. The van der Waals surface area contributed by atoms with E-state index in [1.807, 2.05) is 18.2 Å². The maximum absolute atomic E-state index is 4.80. The fraction of sp³-hybridized carbons (Fsp3) is 0.0833. The Labute approximate surface area is 177 Å². The molecule has 29 heavy (non-hydrogen) atoms. The molecular weight excluding hydrogens is 394 g/mol. The van der Waals surface area contributed by atoms with Crippen molar-refractivity contribution >= 4 is 43.7 Å². The van der Waals surface area contributed by atoms with Gasteiger partial charge in [0.15, 0.2) is 5.13 Å². The van der Waals surface area contributed by atoms with E-state index < -0.39 is 0 Å². The van der Waals surface area contributed by atoms with Crippen LogP contribution in [0.2, 0.25) is 0 Å². The summed E-state index contributed by atoms with van der Waals surface area (Å²) in [5.74, 6) is 0. The zero-order valence-corrected chi connectivity index (χ0v) is 17.6. The van der Waals surface area contributed by atoms with Gasteiger partial charge in [-0.15, -0.1) is 11.3 Å². The summed E-state index contributed by atoms with van der Waals surface area (Å²) < 4.78 is 1.22. The van der Waals surface area contributed by atoms with Gasteiger partial charge in [-0.1, -0.05) is 66.8 Å². The van der Waals surface area contributed by atoms with Crippen molar-refractivity contribution in [1.82, 2.24) is 9.97 Å². The lowest BCUT2D eigenvalue weighted by molar-refractivity contribution is 1.15. The molecule has 0 spiro atoms. The maximum atomic E-state index is 4.80. The maximum Gasteiger partial charge on any atom is 0.188 e. The highest BCUT2D eigenvalue weighted by Gasteiger charge is 2.08. The van der Waals surface area contributed by atoms with Crippen LogP contribution in [0.15, 0.2) is 78.2 Å². The number of nitrogens with one attached hydrogen (secondary N) is 1. The van der Waals surface area contributed by atoms with Crippen molar-refractivity contribution < 1.29 is 0 Å². The molecule has 0 saturated carbocycles. The van der Waals surface area contributed by atoms with Crippen LogP contribution in [0.5, 0.6) is 0 Å². The summed E-state index contributed by atoms with van der Waals surface area (Å²) in [6.45, 7) is 2.17. The van der Waals surface area contributed by atoms with Gasteiger partial charge in [0, 0.05) is 22.2 Å². The quantitative estimate of drug-likeness (QED) is 0.326. The molecule has 0 bridgehead atoms. The number of thiazole rings is 2. The highest BCUT2D eigenvalue weighted by atomic mass is 32.1. The first-order chi connectivity index (χ1) is 14.3. The molecule has 1 N–H and O–H groups in total. The Balaban J connectivity index is 1.35. The monoisotopic (exact) mass is 413 g/mol. The number of hydrogen-bond acceptors (Lipinski definition) is 5. The van der Waals surface area contributed by atoms with Crippen LogP contribution in [0.1, 0.15) is 12.5 Å². The van der Waals surface area contributed by atoms with Crippen molar-refractivity contribution in [3.63, 3.8) is 0 Å². The molecule has 0 unspecified atom stereocenters. The molecule has 0 amide bonds. The fourth-order valence-electron chi connectivity index (χ4n) is 3.21. The largest absolute Gasteiger partial charge is 0.332 e. The van der Waals surface area contributed by atoms with E-state index in [0.29, 0.717) is 0 Å². The molecule has 2 heterocycles. The molecule has 0 aliphatic heterocycles. The number of anilines is 2. The second-order valence-corrected chi connectivity index (χ2v) is 8.67. The van der Waals surface area contributed by atoms with E-state index >= 15 is 0 Å². The summed E-state index contributed by atoms with van der Waals surface area (Å²) in [4.78, 5) is 9.49. The molecule has 0 atom stereocenters. The molecule has 5 heteroatoms. The van der Waals surface area contributed by atoms with Gasteiger partial charge in [0.25, 0.3) is 0 Å². The van der Waals surface area contributed by atoms with E-state index in [4.69, 9.17) is 9.97 Å². The molecule has 0 radical (unpaired) electrons. The molecule has 142 valence electrons. The van der Waals surface area contributed by atoms with E-state index in [2.05, 4.69) is 72.2 Å². The first kappa shape index (κ1) is 18.0. The Kier molecular flexibility index (Phi) is 4.84. The SMILES string of the molecule is CCc1ccc2nc(Nc3ccc(-c4csc(-c5ccccc5)n4)cc3)sc2c1. The molecule has 3 aromatic carbocycles. The van der Waals surface area contributed by atoms with Gasteiger partial charge < -0.3 is 5.32 Å². The summed E-state index contributed by atoms with van der Waals surface area (Å²) in [5, 5.41) is 7.51. The molecule has 0 aliphatic rings. The number of benzene rings is 3. The van der Waals surface area contributed by atoms with Gasteiger partial charge in [0.1, 0.15) is 5.01 Å². The third-order valence-corrected chi connectivity index (χ3v) is 6.64. The number of nitrogens with zero attached hydrogens (tertiary/aromatic N) is 2. The topological polar surface area (TPSA) is 37.8 Å². The number of rotatable bonds is 5. The number of aryl methyl sites for hydroxylation is 1. The molecule has 0 aliphatic carbocycles. The van der Waals surface area contributed by atoms with E-state index in [0.717, 1.165) is 44.6 Å². The average molecular weight is 414 g/mol. The predicted octanol–water partition coefficient (Wildman–Crippen LogP) is 7.39. The highest BCUT2D eigenvalue weighted by molar-refractivity contribution is 7.22. The summed E-state index contributed by atoms with van der Waals surface area (Å²) in [6.07, 6.45) is 1.04. The van der Waals surface area contributed by atoms with Gasteiger partial charge in [-0.05, 0) is 36.2 Å². The highest BCUT2D eigenvalue weighted by Crippen LogP contribution is 2.32. The lowest BCUT2D eigenvalue weighted by Gasteiger charge is -2.03. The Morgan fingerprint density at radius 2 is 1.69 bits per heavy atom. The second-order valence-electron chi connectivity index (χ2n) is 6.78. The van der Waals surface area contributed by atoms with E-state index in [9.17, 15) is 0 Å². The zero-order valence-electron chi connectivity index (χ0n) is 15.9. The average Bonchev–Trinajstić information content (AvgIpc) is 3.41. The number of fused-ring (bicyclic) bond motifs is 1. The van der Waals surface area contributed by atoms with E-state index in [1.54, 1.807) is 22.7 Å². The van der Waals surface area contributed by atoms with Gasteiger partial charge in [-0.25, -0.2) is 9.97 Å². The lowest BCUT2D eigenvalue weighted by Crippen LogP contribution is -1.89. The summed E-state index contributed by atoms with van der Waals surface area (Å²) in [5.41, 5.74) is 6.70. The molecule has 5 aromatic rings. The Hall–Kier alpha value is -3.02. The normalized spacial score (nSPS) is 11.1. The van der Waals surface area contributed by atoms with Gasteiger partial charge in [-0.2, -0.15) is 0 Å². The molecule has 5 rings (SSSR count). The summed E-state index contributed by atoms with van der Waals surface area (Å²) >= 11 is 3.36. The van der Waals surface area contributed by atoms with Crippen LogP contribution in [0, 0.1) is 0 Å². The van der Waals surface area contributed by atoms with Crippen LogP contribution < -0.4 is 5.32 Å². The van der Waals surface area contributed by atoms with Crippen molar-refractivity contribution in [1.29, 1.82) is 0 Å². The zero-order chi connectivity index (χ0) is 19.6. The van der Waals surface area contributed by atoms with Gasteiger partial charge in [0.05, 0.1) is 15.9 Å². The fourth-order valence-corrected chi connectivity index (χ4v) is 4.99. The predicted molar refractivity (Wildman–Crippen MR) is 125 cm³/mol. The first-order valence-corrected chi connectivity index (χ1v) is 11.3. The third kappa shape index (κ3) is 3.79. The smallest absolute Gasteiger partial charge is 0.188 e. The minimum absolute atomic E-state index is 0.918. The van der Waals surface area contributed by atoms with Crippen LogP contribution in [0.3, 0.4) is 0 Å². The minimum Gasteiger partial charge on any atom is -0.332 e. The third-order valence-electron chi connectivity index (χ3n) is 4.82. The summed E-state index contributed by atoms with van der Waals surface area (Å²) in [6, 6.07) is 25.2. The number of aromatic nitrogens is 2. The van der Waals surface area contributed by atoms with Crippen molar-refractivity contribution in [2.75, 3.05) is 5.32 Å². The Bertz CT molecular complexity index is 1250. The van der Waals surface area contributed by atoms with Crippen LogP contribution in [0.25, 0.3) is 32.0 Å². The van der Waals surface area contributed by atoms with Gasteiger partial charge in [0.2, 0.25) is 0 Å². The van der Waals surface area contributed by atoms with Crippen LogP contribution in [-0.4, -0.2) is 9.97 Å². The lowest BCUT2D eigenvalue weighted by atomic mass is 10.1. The number of hydrogen-bond donors (Lipinski definition) is 1. The van der Waals surface area contributed by atoms with Crippen molar-refractivity contribution in [3.8, 4) is 21.8 Å². The minimum atomic E-state index is 0.918. The van der Waals surface area contributed by atoms with Crippen LogP contribution in [-0.2, 0) is 6.42 Å². The Morgan fingerprint density at radius 3 is 2.48 bits per heavy atom. The molecular formula is C24H19N3S2. The van der Waals surface area contributed by atoms with Crippen molar-refractivity contribution in [3.05, 3.63) is 83.7 Å². The van der Waals surface area contributed by atoms with E-state index in [-0.39, 0.29) is 0 Å². The van der Waals surface area contributed by atoms with Crippen molar-refractivity contribution in [2.45, 2.75) is 13.3 Å².